The molecule has 16 heavy (non-hydrogen) atoms. The molecule has 0 radical (unpaired) electrons. The number of hydrogen-bond donors (Lipinski definition) is 2. The standard InChI is InChI=1S/C12H20N2S2/c1-9-5-12(16-10(9)2)7-13-6-11-8-15-4-3-14-11/h5,11,13-14H,3-4,6-8H2,1-2H3. The van der Waals surface area contributed by atoms with Gasteiger partial charge in [-0.05, 0) is 25.5 Å². The molecule has 0 spiro atoms. The van der Waals surface area contributed by atoms with Gasteiger partial charge in [-0.25, -0.2) is 0 Å². The third-order valence-electron chi connectivity index (χ3n) is 2.91. The van der Waals surface area contributed by atoms with Crippen LogP contribution in [0.2, 0.25) is 0 Å². The highest BCUT2D eigenvalue weighted by Gasteiger charge is 2.12. The lowest BCUT2D eigenvalue weighted by molar-refractivity contribution is 0.515. The predicted octanol–water partition coefficient (Wildman–Crippen LogP) is 2.16. The molecule has 1 aromatic rings. The predicted molar refractivity (Wildman–Crippen MR) is 74.6 cm³/mol. The summed E-state index contributed by atoms with van der Waals surface area (Å²) in [6.07, 6.45) is 0. The highest BCUT2D eigenvalue weighted by molar-refractivity contribution is 7.99. The average Bonchev–Trinajstić information content (AvgIpc) is 2.60. The van der Waals surface area contributed by atoms with Gasteiger partial charge in [-0.15, -0.1) is 11.3 Å². The Labute approximate surface area is 106 Å². The summed E-state index contributed by atoms with van der Waals surface area (Å²) < 4.78 is 0. The van der Waals surface area contributed by atoms with Gasteiger partial charge in [-0.3, -0.25) is 0 Å². The zero-order valence-electron chi connectivity index (χ0n) is 10.0. The van der Waals surface area contributed by atoms with Crippen molar-refractivity contribution in [2.24, 2.45) is 0 Å². The second-order valence-corrected chi connectivity index (χ2v) is 6.80. The first-order chi connectivity index (χ1) is 7.75. The summed E-state index contributed by atoms with van der Waals surface area (Å²) in [7, 11) is 0. The van der Waals surface area contributed by atoms with Crippen molar-refractivity contribution in [1.29, 1.82) is 0 Å². The molecular weight excluding hydrogens is 236 g/mol. The van der Waals surface area contributed by atoms with Gasteiger partial charge in [0.2, 0.25) is 0 Å². The first-order valence-electron chi connectivity index (χ1n) is 5.83. The van der Waals surface area contributed by atoms with E-state index >= 15 is 0 Å². The minimum Gasteiger partial charge on any atom is -0.311 e. The number of rotatable bonds is 4. The second-order valence-electron chi connectivity index (χ2n) is 4.31. The van der Waals surface area contributed by atoms with Crippen molar-refractivity contribution in [3.05, 3.63) is 21.4 Å². The van der Waals surface area contributed by atoms with Crippen LogP contribution in [-0.4, -0.2) is 30.6 Å². The Morgan fingerprint density at radius 2 is 2.38 bits per heavy atom. The van der Waals surface area contributed by atoms with Crippen LogP contribution in [0.4, 0.5) is 0 Å². The normalized spacial score (nSPS) is 21.2. The van der Waals surface area contributed by atoms with Gasteiger partial charge in [0.05, 0.1) is 0 Å². The van der Waals surface area contributed by atoms with E-state index in [0.29, 0.717) is 6.04 Å². The van der Waals surface area contributed by atoms with Crippen LogP contribution in [0, 0.1) is 13.8 Å². The Morgan fingerprint density at radius 1 is 1.50 bits per heavy atom. The summed E-state index contributed by atoms with van der Waals surface area (Å²) in [5.41, 5.74) is 1.42. The molecule has 2 heterocycles. The zero-order chi connectivity index (χ0) is 11.4. The fraction of sp³-hybridized carbons (Fsp3) is 0.667. The summed E-state index contributed by atoms with van der Waals surface area (Å²) in [5, 5.41) is 7.09. The minimum absolute atomic E-state index is 0.654. The van der Waals surface area contributed by atoms with E-state index in [2.05, 4.69) is 42.3 Å². The largest absolute Gasteiger partial charge is 0.311 e. The van der Waals surface area contributed by atoms with Crippen molar-refractivity contribution in [3.63, 3.8) is 0 Å². The van der Waals surface area contributed by atoms with Gasteiger partial charge < -0.3 is 10.6 Å². The summed E-state index contributed by atoms with van der Waals surface area (Å²) in [6.45, 7) is 7.65. The molecule has 1 aliphatic heterocycles. The summed E-state index contributed by atoms with van der Waals surface area (Å²) in [5.74, 6) is 2.51. The van der Waals surface area contributed by atoms with E-state index in [4.69, 9.17) is 0 Å². The number of hydrogen-bond acceptors (Lipinski definition) is 4. The van der Waals surface area contributed by atoms with E-state index < -0.39 is 0 Å². The van der Waals surface area contributed by atoms with Crippen molar-refractivity contribution in [3.8, 4) is 0 Å². The van der Waals surface area contributed by atoms with Gasteiger partial charge in [0.25, 0.3) is 0 Å². The molecule has 1 atom stereocenters. The topological polar surface area (TPSA) is 24.1 Å². The summed E-state index contributed by atoms with van der Waals surface area (Å²) >= 11 is 3.97. The fourth-order valence-corrected chi connectivity index (χ4v) is 3.83. The minimum atomic E-state index is 0.654. The Balaban J connectivity index is 1.71. The van der Waals surface area contributed by atoms with E-state index in [1.165, 1.54) is 26.8 Å². The number of aryl methyl sites for hydroxylation is 2. The van der Waals surface area contributed by atoms with Gasteiger partial charge in [0.15, 0.2) is 0 Å². The lowest BCUT2D eigenvalue weighted by Crippen LogP contribution is -2.44. The maximum Gasteiger partial charge on any atom is 0.0300 e. The second kappa shape index (κ2) is 6.05. The van der Waals surface area contributed by atoms with Crippen molar-refractivity contribution in [2.75, 3.05) is 24.6 Å². The Morgan fingerprint density at radius 3 is 3.00 bits per heavy atom. The summed E-state index contributed by atoms with van der Waals surface area (Å²) in [6, 6.07) is 2.96. The van der Waals surface area contributed by atoms with Crippen LogP contribution < -0.4 is 10.6 Å². The highest BCUT2D eigenvalue weighted by atomic mass is 32.2. The van der Waals surface area contributed by atoms with Crippen molar-refractivity contribution >= 4 is 23.1 Å². The first kappa shape index (κ1) is 12.4. The average molecular weight is 256 g/mol. The van der Waals surface area contributed by atoms with E-state index in [1.807, 2.05) is 11.3 Å². The van der Waals surface area contributed by atoms with E-state index in [0.717, 1.165) is 19.6 Å². The SMILES string of the molecule is Cc1cc(CNCC2CSCCN2)sc1C. The summed E-state index contributed by atoms with van der Waals surface area (Å²) in [4.78, 5) is 2.90. The molecule has 2 nitrogen and oxygen atoms in total. The first-order valence-corrected chi connectivity index (χ1v) is 7.80. The van der Waals surface area contributed by atoms with Crippen LogP contribution in [0.3, 0.4) is 0 Å². The van der Waals surface area contributed by atoms with Gasteiger partial charge in [-0.1, -0.05) is 0 Å². The van der Waals surface area contributed by atoms with E-state index in [9.17, 15) is 0 Å². The number of thiophene rings is 1. The van der Waals surface area contributed by atoms with Gasteiger partial charge in [0, 0.05) is 46.9 Å². The molecule has 1 aliphatic rings. The van der Waals surface area contributed by atoms with Crippen molar-refractivity contribution < 1.29 is 0 Å². The Kier molecular flexibility index (Phi) is 4.70. The molecule has 1 fully saturated rings. The molecule has 90 valence electrons. The maximum atomic E-state index is 3.55. The zero-order valence-corrected chi connectivity index (χ0v) is 11.6. The molecule has 0 amide bonds. The molecule has 0 saturated carbocycles. The fourth-order valence-electron chi connectivity index (χ4n) is 1.86. The lowest BCUT2D eigenvalue weighted by atomic mass is 10.3. The third-order valence-corrected chi connectivity index (χ3v) is 5.19. The smallest absolute Gasteiger partial charge is 0.0300 e. The molecular formula is C12H20N2S2. The van der Waals surface area contributed by atoms with Crippen LogP contribution in [0.15, 0.2) is 6.07 Å². The Bertz CT molecular complexity index is 310. The Hall–Kier alpha value is -0.0300. The van der Waals surface area contributed by atoms with Crippen LogP contribution in [0.1, 0.15) is 15.3 Å². The van der Waals surface area contributed by atoms with Crippen molar-refractivity contribution in [1.82, 2.24) is 10.6 Å². The monoisotopic (exact) mass is 256 g/mol. The molecule has 1 aromatic heterocycles. The van der Waals surface area contributed by atoms with E-state index in [1.54, 1.807) is 0 Å². The maximum absolute atomic E-state index is 3.55. The quantitative estimate of drug-likeness (QED) is 0.863. The van der Waals surface area contributed by atoms with Crippen molar-refractivity contribution in [2.45, 2.75) is 26.4 Å². The van der Waals surface area contributed by atoms with Crippen LogP contribution >= 0.6 is 23.1 Å². The van der Waals surface area contributed by atoms with Crippen LogP contribution in [0.5, 0.6) is 0 Å². The highest BCUT2D eigenvalue weighted by Crippen LogP contribution is 2.20. The van der Waals surface area contributed by atoms with Gasteiger partial charge in [0.1, 0.15) is 0 Å². The molecule has 0 aliphatic carbocycles. The molecule has 0 bridgehead atoms. The molecule has 1 unspecified atom stereocenters. The lowest BCUT2D eigenvalue weighted by Gasteiger charge is -2.23. The number of thioether (sulfide) groups is 1. The van der Waals surface area contributed by atoms with Gasteiger partial charge >= 0.3 is 0 Å². The number of nitrogens with one attached hydrogen (secondary N) is 2. The molecule has 2 rings (SSSR count). The molecule has 2 N–H and O–H groups in total. The third kappa shape index (κ3) is 3.48. The molecule has 0 aromatic carbocycles. The van der Waals surface area contributed by atoms with Gasteiger partial charge in [-0.2, -0.15) is 11.8 Å². The van der Waals surface area contributed by atoms with Crippen LogP contribution in [0.25, 0.3) is 0 Å². The molecule has 1 saturated heterocycles. The molecule has 4 heteroatoms. The van der Waals surface area contributed by atoms with Crippen LogP contribution in [-0.2, 0) is 6.54 Å². The van der Waals surface area contributed by atoms with E-state index in [-0.39, 0.29) is 0 Å².